The number of nitro benzene ring substituents is 1. The average molecular weight is 299 g/mol. The Hall–Kier alpha value is -3.22. The Kier molecular flexibility index (Phi) is 4.17. The molecule has 0 heterocycles. The van der Waals surface area contributed by atoms with Crippen molar-refractivity contribution in [3.8, 4) is 0 Å². The predicted molar refractivity (Wildman–Crippen MR) is 80.7 cm³/mol. The Morgan fingerprint density at radius 2 is 1.86 bits per heavy atom. The van der Waals surface area contributed by atoms with Crippen LogP contribution in [0.25, 0.3) is 0 Å². The third kappa shape index (κ3) is 3.09. The number of nitro groups is 1. The number of nitrogens with one attached hydrogen (secondary N) is 1. The molecule has 2 aromatic carbocycles. The fraction of sp³-hybridized carbons (Fsp3) is 0.0667. The van der Waals surface area contributed by atoms with Crippen LogP contribution in [0.3, 0.4) is 0 Å². The van der Waals surface area contributed by atoms with Crippen LogP contribution < -0.4 is 11.1 Å². The molecule has 0 fully saturated rings. The molecule has 0 bridgehead atoms. The first-order valence-corrected chi connectivity index (χ1v) is 6.35. The lowest BCUT2D eigenvalue weighted by Gasteiger charge is -2.08. The molecule has 22 heavy (non-hydrogen) atoms. The maximum atomic E-state index is 12.2. The molecule has 7 heteroatoms. The SMILES string of the molecule is Cc1c(C(=O)Nc2cccc(C(N)=O)c2)cccc1[N+](=O)[O-]. The summed E-state index contributed by atoms with van der Waals surface area (Å²) >= 11 is 0. The van der Waals surface area contributed by atoms with Crippen LogP contribution in [0.1, 0.15) is 26.3 Å². The van der Waals surface area contributed by atoms with Gasteiger partial charge in [-0.25, -0.2) is 0 Å². The number of rotatable bonds is 4. The monoisotopic (exact) mass is 299 g/mol. The van der Waals surface area contributed by atoms with E-state index in [4.69, 9.17) is 5.73 Å². The predicted octanol–water partition coefficient (Wildman–Crippen LogP) is 2.25. The Balaban J connectivity index is 2.30. The highest BCUT2D eigenvalue weighted by Gasteiger charge is 2.18. The summed E-state index contributed by atoms with van der Waals surface area (Å²) in [7, 11) is 0. The van der Waals surface area contributed by atoms with E-state index in [1.807, 2.05) is 0 Å². The van der Waals surface area contributed by atoms with Gasteiger partial charge in [0, 0.05) is 28.4 Å². The molecule has 0 unspecified atom stereocenters. The van der Waals surface area contributed by atoms with Crippen LogP contribution in [-0.2, 0) is 0 Å². The number of hydrogen-bond acceptors (Lipinski definition) is 4. The minimum atomic E-state index is -0.609. The minimum absolute atomic E-state index is 0.126. The van der Waals surface area contributed by atoms with E-state index in [9.17, 15) is 19.7 Å². The van der Waals surface area contributed by atoms with E-state index >= 15 is 0 Å². The van der Waals surface area contributed by atoms with Gasteiger partial charge in [0.1, 0.15) is 0 Å². The van der Waals surface area contributed by atoms with Crippen molar-refractivity contribution < 1.29 is 14.5 Å². The summed E-state index contributed by atoms with van der Waals surface area (Å²) in [6.07, 6.45) is 0. The normalized spacial score (nSPS) is 10.0. The molecular formula is C15H13N3O4. The fourth-order valence-electron chi connectivity index (χ4n) is 2.02. The molecule has 0 aliphatic heterocycles. The van der Waals surface area contributed by atoms with Gasteiger partial charge in [-0.15, -0.1) is 0 Å². The zero-order valence-electron chi connectivity index (χ0n) is 11.7. The van der Waals surface area contributed by atoms with Gasteiger partial charge < -0.3 is 11.1 Å². The van der Waals surface area contributed by atoms with Crippen LogP contribution in [0.5, 0.6) is 0 Å². The maximum absolute atomic E-state index is 12.2. The van der Waals surface area contributed by atoms with Crippen molar-refractivity contribution >= 4 is 23.2 Å². The number of benzene rings is 2. The summed E-state index contributed by atoms with van der Waals surface area (Å²) in [6, 6.07) is 10.4. The van der Waals surface area contributed by atoms with Gasteiger partial charge in [-0.2, -0.15) is 0 Å². The summed E-state index contributed by atoms with van der Waals surface area (Å²) in [6.45, 7) is 1.51. The van der Waals surface area contributed by atoms with Crippen LogP contribution in [0, 0.1) is 17.0 Å². The summed E-state index contributed by atoms with van der Waals surface area (Å²) in [5, 5.41) is 13.5. The first-order chi connectivity index (χ1) is 10.4. The lowest BCUT2D eigenvalue weighted by Crippen LogP contribution is -2.15. The third-order valence-electron chi connectivity index (χ3n) is 3.15. The van der Waals surface area contributed by atoms with E-state index in [0.29, 0.717) is 5.69 Å². The van der Waals surface area contributed by atoms with E-state index in [1.165, 1.54) is 37.3 Å². The second-order valence-electron chi connectivity index (χ2n) is 4.61. The highest BCUT2D eigenvalue weighted by atomic mass is 16.6. The third-order valence-corrected chi connectivity index (χ3v) is 3.15. The Morgan fingerprint density at radius 3 is 2.50 bits per heavy atom. The number of amides is 2. The van der Waals surface area contributed by atoms with Crippen LogP contribution >= 0.6 is 0 Å². The molecule has 112 valence electrons. The highest BCUT2D eigenvalue weighted by Crippen LogP contribution is 2.22. The number of carbonyl (C=O) groups is 2. The van der Waals surface area contributed by atoms with Crippen molar-refractivity contribution in [3.63, 3.8) is 0 Å². The molecule has 0 radical (unpaired) electrons. The lowest BCUT2D eigenvalue weighted by molar-refractivity contribution is -0.385. The first kappa shape index (κ1) is 15.2. The second kappa shape index (κ2) is 6.04. The van der Waals surface area contributed by atoms with Gasteiger partial charge in [0.2, 0.25) is 5.91 Å². The number of anilines is 1. The topological polar surface area (TPSA) is 115 Å². The largest absolute Gasteiger partial charge is 0.366 e. The number of nitrogens with zero attached hydrogens (tertiary/aromatic N) is 1. The van der Waals surface area contributed by atoms with E-state index in [2.05, 4.69) is 5.32 Å². The van der Waals surface area contributed by atoms with Gasteiger partial charge >= 0.3 is 0 Å². The Bertz CT molecular complexity index is 771. The van der Waals surface area contributed by atoms with Crippen molar-refractivity contribution in [2.45, 2.75) is 6.92 Å². The maximum Gasteiger partial charge on any atom is 0.273 e. The molecule has 2 aromatic rings. The van der Waals surface area contributed by atoms with Crippen molar-refractivity contribution in [1.82, 2.24) is 0 Å². The van der Waals surface area contributed by atoms with Crippen LogP contribution in [0.15, 0.2) is 42.5 Å². The summed E-state index contributed by atoms with van der Waals surface area (Å²) in [5.74, 6) is -1.11. The van der Waals surface area contributed by atoms with E-state index in [0.717, 1.165) is 0 Å². The summed E-state index contributed by atoms with van der Waals surface area (Å²) in [4.78, 5) is 33.7. The number of primary amides is 1. The second-order valence-corrected chi connectivity index (χ2v) is 4.61. The highest BCUT2D eigenvalue weighted by molar-refractivity contribution is 6.06. The van der Waals surface area contributed by atoms with Crippen molar-refractivity contribution in [1.29, 1.82) is 0 Å². The van der Waals surface area contributed by atoms with Crippen molar-refractivity contribution in [2.24, 2.45) is 5.73 Å². The van der Waals surface area contributed by atoms with Gasteiger partial charge in [-0.05, 0) is 31.2 Å². The standard InChI is InChI=1S/C15H13N3O4/c1-9-12(6-3-7-13(9)18(21)22)15(20)17-11-5-2-4-10(8-11)14(16)19/h2-8H,1H3,(H2,16,19)(H,17,20). The molecule has 0 spiro atoms. The van der Waals surface area contributed by atoms with Crippen molar-refractivity contribution in [2.75, 3.05) is 5.32 Å². The quantitative estimate of drug-likeness (QED) is 0.665. The van der Waals surface area contributed by atoms with E-state index in [-0.39, 0.29) is 22.4 Å². The molecule has 0 aliphatic rings. The molecule has 0 atom stereocenters. The van der Waals surface area contributed by atoms with Gasteiger partial charge in [-0.3, -0.25) is 19.7 Å². The smallest absolute Gasteiger partial charge is 0.273 e. The molecule has 7 nitrogen and oxygen atoms in total. The van der Waals surface area contributed by atoms with Gasteiger partial charge in [0.05, 0.1) is 4.92 Å². The van der Waals surface area contributed by atoms with Crippen LogP contribution in [0.2, 0.25) is 0 Å². The molecule has 2 amide bonds. The number of nitrogens with two attached hydrogens (primary N) is 1. The first-order valence-electron chi connectivity index (χ1n) is 6.35. The van der Waals surface area contributed by atoms with Crippen LogP contribution in [-0.4, -0.2) is 16.7 Å². The molecule has 0 saturated carbocycles. The van der Waals surface area contributed by atoms with Gasteiger partial charge in [-0.1, -0.05) is 12.1 Å². The van der Waals surface area contributed by atoms with E-state index < -0.39 is 16.7 Å². The van der Waals surface area contributed by atoms with Gasteiger partial charge in [0.25, 0.3) is 11.6 Å². The van der Waals surface area contributed by atoms with Crippen molar-refractivity contribution in [3.05, 3.63) is 69.3 Å². The van der Waals surface area contributed by atoms with E-state index in [1.54, 1.807) is 12.1 Å². The molecule has 2 rings (SSSR count). The molecule has 0 aliphatic carbocycles. The summed E-state index contributed by atoms with van der Waals surface area (Å²) in [5.41, 5.74) is 6.16. The zero-order valence-corrected chi connectivity index (χ0v) is 11.7. The molecular weight excluding hydrogens is 286 g/mol. The average Bonchev–Trinajstić information content (AvgIpc) is 2.47. The summed E-state index contributed by atoms with van der Waals surface area (Å²) < 4.78 is 0. The fourth-order valence-corrected chi connectivity index (χ4v) is 2.02. The molecule has 0 aromatic heterocycles. The Morgan fingerprint density at radius 1 is 1.18 bits per heavy atom. The number of carbonyl (C=O) groups excluding carboxylic acids is 2. The lowest BCUT2D eigenvalue weighted by atomic mass is 10.1. The molecule has 0 saturated heterocycles. The van der Waals surface area contributed by atoms with Gasteiger partial charge in [0.15, 0.2) is 0 Å². The molecule has 3 N–H and O–H groups in total. The van der Waals surface area contributed by atoms with Crippen LogP contribution in [0.4, 0.5) is 11.4 Å². The number of hydrogen-bond donors (Lipinski definition) is 2. The Labute approximate surface area is 125 Å². The zero-order chi connectivity index (χ0) is 16.3. The minimum Gasteiger partial charge on any atom is -0.366 e.